The summed E-state index contributed by atoms with van der Waals surface area (Å²) in [5.74, 6) is -1.54. The van der Waals surface area contributed by atoms with Crippen LogP contribution in [-0.4, -0.2) is 63.7 Å². The number of alkyl halides is 3. The number of rotatable bonds is 6. The van der Waals surface area contributed by atoms with Crippen LogP contribution < -0.4 is 10.6 Å². The largest absolute Gasteiger partial charge is 0.393 e. The van der Waals surface area contributed by atoms with E-state index in [-0.39, 0.29) is 31.5 Å². The fourth-order valence-corrected chi connectivity index (χ4v) is 5.34. The zero-order valence-electron chi connectivity index (χ0n) is 19.5. The van der Waals surface area contributed by atoms with Crippen molar-refractivity contribution in [2.45, 2.75) is 43.6 Å². The van der Waals surface area contributed by atoms with Crippen LogP contribution in [0, 0.1) is 5.92 Å². The van der Waals surface area contributed by atoms with Gasteiger partial charge in [0.1, 0.15) is 5.52 Å². The zero-order valence-corrected chi connectivity index (χ0v) is 19.5. The third-order valence-electron chi connectivity index (χ3n) is 7.26. The highest BCUT2D eigenvalue weighted by Gasteiger charge is 2.49. The summed E-state index contributed by atoms with van der Waals surface area (Å²) >= 11 is 0. The van der Waals surface area contributed by atoms with Crippen molar-refractivity contribution in [3.05, 3.63) is 59.7 Å². The van der Waals surface area contributed by atoms with Crippen molar-refractivity contribution in [2.24, 2.45) is 13.0 Å². The number of amides is 1. The Hall–Kier alpha value is -2.98. The molecule has 2 aromatic carbocycles. The van der Waals surface area contributed by atoms with Crippen LogP contribution in [0.5, 0.6) is 0 Å². The lowest BCUT2D eigenvalue weighted by Gasteiger charge is -2.26. The third-order valence-corrected chi connectivity index (χ3v) is 7.26. The Morgan fingerprint density at radius 1 is 1.17 bits per heavy atom. The van der Waals surface area contributed by atoms with Crippen LogP contribution in [0.4, 0.5) is 13.2 Å². The van der Waals surface area contributed by atoms with Gasteiger partial charge >= 0.3 is 6.18 Å². The molecule has 35 heavy (non-hydrogen) atoms. The molecule has 3 heterocycles. The van der Waals surface area contributed by atoms with E-state index in [1.165, 1.54) is 5.56 Å². The van der Waals surface area contributed by atoms with Crippen LogP contribution in [0.25, 0.3) is 11.0 Å². The number of aromatic nitrogens is 3. The van der Waals surface area contributed by atoms with Crippen molar-refractivity contribution in [2.75, 3.05) is 19.6 Å². The number of nitrogens with zero attached hydrogens (tertiary/aromatic N) is 4. The number of likely N-dealkylation sites (tertiary alicyclic amines) is 1. The van der Waals surface area contributed by atoms with Crippen molar-refractivity contribution < 1.29 is 18.0 Å². The Kier molecular flexibility index (Phi) is 6.50. The number of nitrogens with one attached hydrogen (secondary N) is 2. The maximum absolute atomic E-state index is 13.6. The zero-order chi connectivity index (χ0) is 24.6. The van der Waals surface area contributed by atoms with Gasteiger partial charge in [0.05, 0.1) is 17.5 Å². The van der Waals surface area contributed by atoms with Crippen LogP contribution in [-0.2, 0) is 18.4 Å². The Morgan fingerprint density at radius 2 is 1.97 bits per heavy atom. The molecule has 3 aromatic rings. The standard InChI is InChI=1S/C25H29F3N6O/c1-33-22-8-7-16(9-21(22)31-32-33)12-30-24(35)23-11-19(25(26,27)28)14-34(23)15-20-10-18(13-29-20)17-5-3-2-4-6-17/h2-9,18-20,23,29H,10-15H2,1H3,(H,30,35). The molecule has 2 aliphatic heterocycles. The SMILES string of the molecule is Cn1nnc2cc(CNC(=O)C3CC(C(F)(F)F)CN3CC3CC(c4ccccc4)CN3)ccc21. The average Bonchev–Trinajstić information content (AvgIpc) is 3.57. The van der Waals surface area contributed by atoms with Gasteiger partial charge in [-0.15, -0.1) is 5.10 Å². The van der Waals surface area contributed by atoms with E-state index in [2.05, 4.69) is 33.1 Å². The van der Waals surface area contributed by atoms with Gasteiger partial charge in [-0.3, -0.25) is 9.69 Å². The molecule has 0 spiro atoms. The molecule has 0 radical (unpaired) electrons. The van der Waals surface area contributed by atoms with Gasteiger partial charge in [-0.25, -0.2) is 4.68 Å². The second kappa shape index (κ2) is 9.58. The molecule has 0 aliphatic carbocycles. The number of benzene rings is 2. The van der Waals surface area contributed by atoms with Gasteiger partial charge in [0.2, 0.25) is 5.91 Å². The summed E-state index contributed by atoms with van der Waals surface area (Å²) in [5.41, 5.74) is 3.63. The number of aryl methyl sites for hydroxylation is 1. The highest BCUT2D eigenvalue weighted by Crippen LogP contribution is 2.37. The normalized spacial score (nSPS) is 25.4. The van der Waals surface area contributed by atoms with Crippen molar-refractivity contribution in [3.8, 4) is 0 Å². The van der Waals surface area contributed by atoms with E-state index >= 15 is 0 Å². The highest BCUT2D eigenvalue weighted by atomic mass is 19.4. The number of fused-ring (bicyclic) bond motifs is 1. The molecule has 10 heteroatoms. The van der Waals surface area contributed by atoms with E-state index in [0.717, 1.165) is 24.0 Å². The van der Waals surface area contributed by atoms with E-state index < -0.39 is 18.1 Å². The maximum Gasteiger partial charge on any atom is 0.393 e. The number of carbonyl (C=O) groups is 1. The van der Waals surface area contributed by atoms with E-state index in [1.807, 2.05) is 36.4 Å². The van der Waals surface area contributed by atoms with Gasteiger partial charge in [-0.2, -0.15) is 13.2 Å². The smallest absolute Gasteiger partial charge is 0.351 e. The first kappa shape index (κ1) is 23.7. The predicted molar refractivity (Wildman–Crippen MR) is 125 cm³/mol. The fourth-order valence-electron chi connectivity index (χ4n) is 5.34. The summed E-state index contributed by atoms with van der Waals surface area (Å²) in [7, 11) is 1.80. The molecule has 5 rings (SSSR count). The van der Waals surface area contributed by atoms with Crippen LogP contribution in [0.1, 0.15) is 29.9 Å². The van der Waals surface area contributed by atoms with Crippen molar-refractivity contribution in [1.29, 1.82) is 0 Å². The molecule has 2 saturated heterocycles. The quantitative estimate of drug-likeness (QED) is 0.561. The lowest BCUT2D eigenvalue weighted by molar-refractivity contribution is -0.170. The predicted octanol–water partition coefficient (Wildman–Crippen LogP) is 2.98. The van der Waals surface area contributed by atoms with Crippen LogP contribution in [0.15, 0.2) is 48.5 Å². The number of hydrogen-bond acceptors (Lipinski definition) is 5. The third kappa shape index (κ3) is 5.18. The maximum atomic E-state index is 13.6. The molecule has 0 saturated carbocycles. The highest BCUT2D eigenvalue weighted by molar-refractivity contribution is 5.82. The fraction of sp³-hybridized carbons (Fsp3) is 0.480. The number of carbonyl (C=O) groups excluding carboxylic acids is 1. The van der Waals surface area contributed by atoms with E-state index in [4.69, 9.17) is 0 Å². The Bertz CT molecular complexity index is 1180. The van der Waals surface area contributed by atoms with E-state index in [1.54, 1.807) is 16.6 Å². The Labute approximate surface area is 201 Å². The molecule has 4 unspecified atom stereocenters. The van der Waals surface area contributed by atoms with Crippen LogP contribution >= 0.6 is 0 Å². The monoisotopic (exact) mass is 486 g/mol. The van der Waals surface area contributed by atoms with Gasteiger partial charge in [0.15, 0.2) is 0 Å². The van der Waals surface area contributed by atoms with Crippen molar-refractivity contribution >= 4 is 16.9 Å². The lowest BCUT2D eigenvalue weighted by atomic mass is 9.96. The van der Waals surface area contributed by atoms with Gasteiger partial charge in [0, 0.05) is 39.3 Å². The second-order valence-electron chi connectivity index (χ2n) is 9.65. The van der Waals surface area contributed by atoms with Gasteiger partial charge in [-0.05, 0) is 42.0 Å². The van der Waals surface area contributed by atoms with Gasteiger partial charge in [-0.1, -0.05) is 41.6 Å². The van der Waals surface area contributed by atoms with Crippen LogP contribution in [0.2, 0.25) is 0 Å². The minimum absolute atomic E-state index is 0.0431. The first-order chi connectivity index (χ1) is 16.8. The lowest BCUT2D eigenvalue weighted by Crippen LogP contribution is -2.47. The minimum atomic E-state index is -4.32. The summed E-state index contributed by atoms with van der Waals surface area (Å²) in [4.78, 5) is 14.8. The van der Waals surface area contributed by atoms with Gasteiger partial charge in [0.25, 0.3) is 0 Å². The molecular weight excluding hydrogens is 457 g/mol. The molecule has 7 nitrogen and oxygen atoms in total. The molecule has 2 aliphatic rings. The molecule has 2 fully saturated rings. The Balaban J connectivity index is 1.24. The Morgan fingerprint density at radius 3 is 2.74 bits per heavy atom. The summed E-state index contributed by atoms with van der Waals surface area (Å²) in [5, 5.41) is 14.4. The van der Waals surface area contributed by atoms with E-state index in [9.17, 15) is 18.0 Å². The minimum Gasteiger partial charge on any atom is -0.351 e. The molecule has 1 amide bonds. The first-order valence-electron chi connectivity index (χ1n) is 11.9. The van der Waals surface area contributed by atoms with E-state index in [0.29, 0.717) is 18.0 Å². The van der Waals surface area contributed by atoms with Gasteiger partial charge < -0.3 is 10.6 Å². The van der Waals surface area contributed by atoms with Crippen LogP contribution in [0.3, 0.4) is 0 Å². The summed E-state index contributed by atoms with van der Waals surface area (Å²) in [6, 6.07) is 14.9. The summed E-state index contributed by atoms with van der Waals surface area (Å²) < 4.78 is 42.4. The molecule has 2 N–H and O–H groups in total. The molecule has 4 atom stereocenters. The van der Waals surface area contributed by atoms with Crippen molar-refractivity contribution in [1.82, 2.24) is 30.5 Å². The molecule has 186 valence electrons. The average molecular weight is 487 g/mol. The second-order valence-corrected chi connectivity index (χ2v) is 9.65. The number of hydrogen-bond donors (Lipinski definition) is 2. The molecule has 1 aromatic heterocycles. The topological polar surface area (TPSA) is 75.1 Å². The van der Waals surface area contributed by atoms with Crippen molar-refractivity contribution in [3.63, 3.8) is 0 Å². The summed E-state index contributed by atoms with van der Waals surface area (Å²) in [6.07, 6.45) is -3.70. The number of halogens is 3. The summed E-state index contributed by atoms with van der Waals surface area (Å²) in [6.45, 7) is 1.28. The molecular formula is C25H29F3N6O. The first-order valence-corrected chi connectivity index (χ1v) is 11.9. The molecule has 0 bridgehead atoms.